The number of methoxy groups -OCH3 is 1. The van der Waals surface area contributed by atoms with Gasteiger partial charge in [0, 0.05) is 22.4 Å². The summed E-state index contributed by atoms with van der Waals surface area (Å²) >= 11 is 1.66. The highest BCUT2D eigenvalue weighted by atomic mass is 32.2. The zero-order valence-corrected chi connectivity index (χ0v) is 18.0. The highest BCUT2D eigenvalue weighted by Gasteiger charge is 2.24. The molecule has 0 saturated carbocycles. The highest BCUT2D eigenvalue weighted by Crippen LogP contribution is 2.42. The van der Waals surface area contributed by atoms with Crippen molar-refractivity contribution in [3.05, 3.63) is 48.3 Å². The van der Waals surface area contributed by atoms with Crippen LogP contribution in [0.5, 0.6) is 5.75 Å². The summed E-state index contributed by atoms with van der Waals surface area (Å²) in [6.45, 7) is 6.71. The lowest BCUT2D eigenvalue weighted by Crippen LogP contribution is -2.19. The quantitative estimate of drug-likeness (QED) is 0.304. The van der Waals surface area contributed by atoms with Crippen molar-refractivity contribution in [1.29, 1.82) is 0 Å². The first kappa shape index (κ1) is 22.3. The first-order valence-electron chi connectivity index (χ1n) is 9.78. The number of thioether (sulfide) groups is 1. The predicted molar refractivity (Wildman–Crippen MR) is 116 cm³/mol. The van der Waals surface area contributed by atoms with Gasteiger partial charge < -0.3 is 4.74 Å². The molecule has 0 aliphatic carbocycles. The number of anilines is 2. The van der Waals surface area contributed by atoms with Crippen LogP contribution in [-0.4, -0.2) is 19.3 Å². The second-order valence-electron chi connectivity index (χ2n) is 7.32. The summed E-state index contributed by atoms with van der Waals surface area (Å²) in [7, 11) is 1.46. The third-order valence-electron chi connectivity index (χ3n) is 5.20. The standard InChI is InChI=1S/C23H30FNO2S/c1-5-7-13-23(3,6-2)16-28-22-15-21(27-4)19(24)14-20(22)25(17-26)18-11-9-8-10-12-18/h8-12,14-15,17H,5-7,13,16H2,1-4H3. The molecule has 0 heterocycles. The number of unbranched alkanes of at least 4 members (excludes halogenated alkanes) is 1. The molecule has 0 bridgehead atoms. The largest absolute Gasteiger partial charge is 0.494 e. The number of nitrogens with zero attached hydrogens (tertiary/aromatic N) is 1. The van der Waals surface area contributed by atoms with Gasteiger partial charge in [0.15, 0.2) is 11.6 Å². The molecule has 1 unspecified atom stereocenters. The van der Waals surface area contributed by atoms with Gasteiger partial charge in [0.2, 0.25) is 6.41 Å². The van der Waals surface area contributed by atoms with Crippen LogP contribution >= 0.6 is 11.8 Å². The summed E-state index contributed by atoms with van der Waals surface area (Å²) in [5.41, 5.74) is 1.44. The van der Waals surface area contributed by atoms with Crippen molar-refractivity contribution in [2.45, 2.75) is 51.3 Å². The number of para-hydroxylation sites is 1. The van der Waals surface area contributed by atoms with E-state index in [9.17, 15) is 9.18 Å². The molecular formula is C23H30FNO2S. The lowest BCUT2D eigenvalue weighted by molar-refractivity contribution is -0.106. The molecule has 2 aromatic carbocycles. The summed E-state index contributed by atoms with van der Waals surface area (Å²) in [6.07, 6.45) is 5.31. The van der Waals surface area contributed by atoms with Crippen molar-refractivity contribution in [3.63, 3.8) is 0 Å². The molecule has 0 aliphatic rings. The van der Waals surface area contributed by atoms with Crippen molar-refractivity contribution in [3.8, 4) is 5.75 Å². The van der Waals surface area contributed by atoms with Crippen molar-refractivity contribution in [1.82, 2.24) is 0 Å². The minimum atomic E-state index is -0.478. The number of carbonyl (C=O) groups is 1. The maximum atomic E-state index is 14.5. The molecule has 0 aromatic heterocycles. The zero-order valence-electron chi connectivity index (χ0n) is 17.2. The number of hydrogen-bond donors (Lipinski definition) is 0. The molecule has 2 rings (SSSR count). The summed E-state index contributed by atoms with van der Waals surface area (Å²) < 4.78 is 19.7. The van der Waals surface area contributed by atoms with Crippen molar-refractivity contribution >= 4 is 29.5 Å². The monoisotopic (exact) mass is 403 g/mol. The summed E-state index contributed by atoms with van der Waals surface area (Å²) in [6, 6.07) is 12.4. The second-order valence-corrected chi connectivity index (χ2v) is 8.34. The van der Waals surface area contributed by atoms with Gasteiger partial charge in [0.1, 0.15) is 0 Å². The predicted octanol–water partition coefficient (Wildman–Crippen LogP) is 6.83. The van der Waals surface area contributed by atoms with E-state index in [0.717, 1.165) is 29.9 Å². The SMILES string of the molecule is CCCCC(C)(CC)CSc1cc(OC)c(F)cc1N(C=O)c1ccccc1. The van der Waals surface area contributed by atoms with E-state index in [-0.39, 0.29) is 11.2 Å². The molecule has 2 aromatic rings. The minimum Gasteiger partial charge on any atom is -0.494 e. The molecule has 1 atom stereocenters. The fourth-order valence-electron chi connectivity index (χ4n) is 3.04. The van der Waals surface area contributed by atoms with Gasteiger partial charge in [-0.15, -0.1) is 11.8 Å². The molecule has 3 nitrogen and oxygen atoms in total. The van der Waals surface area contributed by atoms with Gasteiger partial charge >= 0.3 is 0 Å². The number of carbonyl (C=O) groups excluding carboxylic acids is 1. The number of benzene rings is 2. The van der Waals surface area contributed by atoms with Crippen LogP contribution in [0.3, 0.4) is 0 Å². The van der Waals surface area contributed by atoms with Crippen LogP contribution in [0.4, 0.5) is 15.8 Å². The van der Waals surface area contributed by atoms with Gasteiger partial charge in [-0.2, -0.15) is 0 Å². The molecule has 0 N–H and O–H groups in total. The van der Waals surface area contributed by atoms with E-state index in [2.05, 4.69) is 20.8 Å². The third-order valence-corrected chi connectivity index (χ3v) is 6.68. The number of ether oxygens (including phenoxy) is 1. The van der Waals surface area contributed by atoms with Crippen molar-refractivity contribution in [2.75, 3.05) is 17.8 Å². The van der Waals surface area contributed by atoms with Crippen LogP contribution in [0.25, 0.3) is 0 Å². The molecule has 28 heavy (non-hydrogen) atoms. The van der Waals surface area contributed by atoms with E-state index < -0.39 is 5.82 Å². The average Bonchev–Trinajstić information content (AvgIpc) is 2.73. The molecule has 0 radical (unpaired) electrons. The summed E-state index contributed by atoms with van der Waals surface area (Å²) in [5.74, 6) is 0.609. The summed E-state index contributed by atoms with van der Waals surface area (Å²) in [5, 5.41) is 0. The number of amides is 1. The topological polar surface area (TPSA) is 29.5 Å². The Morgan fingerprint density at radius 1 is 1.21 bits per heavy atom. The number of hydrogen-bond acceptors (Lipinski definition) is 3. The van der Waals surface area contributed by atoms with E-state index in [0.29, 0.717) is 11.4 Å². The molecular weight excluding hydrogens is 373 g/mol. The Morgan fingerprint density at radius 2 is 1.93 bits per heavy atom. The molecule has 0 aliphatic heterocycles. The Labute approximate surface area is 172 Å². The Bertz CT molecular complexity index is 769. The van der Waals surface area contributed by atoms with Gasteiger partial charge in [-0.05, 0) is 36.5 Å². The number of halogens is 1. The Balaban J connectivity index is 2.40. The van der Waals surface area contributed by atoms with E-state index in [1.165, 1.54) is 30.9 Å². The Kier molecular flexibility index (Phi) is 8.36. The first-order chi connectivity index (χ1) is 13.5. The van der Waals surface area contributed by atoms with Crippen molar-refractivity contribution in [2.24, 2.45) is 5.41 Å². The Morgan fingerprint density at radius 3 is 2.50 bits per heavy atom. The maximum absolute atomic E-state index is 14.5. The van der Waals surface area contributed by atoms with Crippen LogP contribution in [0.1, 0.15) is 46.5 Å². The fraction of sp³-hybridized carbons (Fsp3) is 0.435. The van der Waals surface area contributed by atoms with Crippen LogP contribution < -0.4 is 9.64 Å². The van der Waals surface area contributed by atoms with E-state index >= 15 is 0 Å². The molecule has 1 amide bonds. The van der Waals surface area contributed by atoms with Crippen LogP contribution in [0.15, 0.2) is 47.4 Å². The Hall–Kier alpha value is -2.01. The third kappa shape index (κ3) is 5.51. The van der Waals surface area contributed by atoms with E-state index in [1.807, 2.05) is 30.3 Å². The zero-order chi connectivity index (χ0) is 20.6. The summed E-state index contributed by atoms with van der Waals surface area (Å²) in [4.78, 5) is 14.2. The van der Waals surface area contributed by atoms with Gasteiger partial charge in [0.25, 0.3) is 0 Å². The van der Waals surface area contributed by atoms with Crippen LogP contribution in [0, 0.1) is 11.2 Å². The molecule has 152 valence electrons. The second kappa shape index (κ2) is 10.5. The molecule has 0 fully saturated rings. The first-order valence-corrected chi connectivity index (χ1v) is 10.8. The van der Waals surface area contributed by atoms with E-state index in [4.69, 9.17) is 4.74 Å². The van der Waals surface area contributed by atoms with Gasteiger partial charge in [-0.3, -0.25) is 9.69 Å². The lowest BCUT2D eigenvalue weighted by Gasteiger charge is -2.29. The van der Waals surface area contributed by atoms with Gasteiger partial charge in [0.05, 0.1) is 12.8 Å². The maximum Gasteiger partial charge on any atom is 0.218 e. The molecule has 0 saturated heterocycles. The van der Waals surface area contributed by atoms with E-state index in [1.54, 1.807) is 17.8 Å². The lowest BCUT2D eigenvalue weighted by atomic mass is 9.84. The fourth-order valence-corrected chi connectivity index (χ4v) is 4.38. The minimum absolute atomic E-state index is 0.192. The molecule has 0 spiro atoms. The van der Waals surface area contributed by atoms with Gasteiger partial charge in [-0.25, -0.2) is 4.39 Å². The van der Waals surface area contributed by atoms with Crippen LogP contribution in [0.2, 0.25) is 0 Å². The van der Waals surface area contributed by atoms with Gasteiger partial charge in [-0.1, -0.05) is 51.8 Å². The molecule has 5 heteroatoms. The smallest absolute Gasteiger partial charge is 0.218 e. The average molecular weight is 404 g/mol. The number of rotatable bonds is 11. The van der Waals surface area contributed by atoms with Crippen LogP contribution in [-0.2, 0) is 4.79 Å². The van der Waals surface area contributed by atoms with Crippen molar-refractivity contribution < 1.29 is 13.9 Å². The normalized spacial score (nSPS) is 13.0. The highest BCUT2D eigenvalue weighted by molar-refractivity contribution is 7.99.